The van der Waals surface area contributed by atoms with E-state index in [-0.39, 0.29) is 11.6 Å². The first kappa shape index (κ1) is 16.1. The van der Waals surface area contributed by atoms with Crippen LogP contribution in [0, 0.1) is 6.92 Å². The Hall–Kier alpha value is -3.39. The van der Waals surface area contributed by atoms with Gasteiger partial charge in [0, 0.05) is 29.0 Å². The molecule has 3 aromatic heterocycles. The second-order valence-electron chi connectivity index (χ2n) is 5.53. The molecular formula is C18H14N6OS. The van der Waals surface area contributed by atoms with Gasteiger partial charge in [0.25, 0.3) is 5.91 Å². The van der Waals surface area contributed by atoms with Crippen LogP contribution in [-0.2, 0) is 0 Å². The molecule has 3 heterocycles. The van der Waals surface area contributed by atoms with E-state index in [1.54, 1.807) is 46.8 Å². The van der Waals surface area contributed by atoms with E-state index >= 15 is 0 Å². The highest BCUT2D eigenvalue weighted by Gasteiger charge is 2.10. The summed E-state index contributed by atoms with van der Waals surface area (Å²) in [6, 6.07) is 10.9. The van der Waals surface area contributed by atoms with Gasteiger partial charge in [0.1, 0.15) is 6.33 Å². The van der Waals surface area contributed by atoms with Gasteiger partial charge in [-0.25, -0.2) is 9.97 Å². The summed E-state index contributed by atoms with van der Waals surface area (Å²) in [7, 11) is 0. The Balaban J connectivity index is 1.51. The molecule has 0 radical (unpaired) electrons. The molecule has 4 aromatic rings. The Morgan fingerprint density at radius 2 is 2.12 bits per heavy atom. The lowest BCUT2D eigenvalue weighted by molar-refractivity contribution is 0.102. The number of nitrogens with zero attached hydrogens (tertiary/aromatic N) is 5. The number of carbonyl (C=O) groups excluding carboxylic acids is 1. The Kier molecular flexibility index (Phi) is 4.24. The highest BCUT2D eigenvalue weighted by Crippen LogP contribution is 2.24. The highest BCUT2D eigenvalue weighted by atomic mass is 32.1. The fraction of sp³-hybridized carbons (Fsp3) is 0.0556. The predicted octanol–water partition coefficient (Wildman–Crippen LogP) is 3.35. The van der Waals surface area contributed by atoms with Gasteiger partial charge in [-0.15, -0.1) is 21.5 Å². The van der Waals surface area contributed by atoms with Gasteiger partial charge in [0.15, 0.2) is 11.5 Å². The molecule has 1 amide bonds. The quantitative estimate of drug-likeness (QED) is 0.602. The first-order valence-corrected chi connectivity index (χ1v) is 8.73. The number of aryl methyl sites for hydroxylation is 1. The summed E-state index contributed by atoms with van der Waals surface area (Å²) in [5, 5.41) is 13.9. The number of carbonyl (C=O) groups is 1. The lowest BCUT2D eigenvalue weighted by Gasteiger charge is -2.06. The van der Waals surface area contributed by atoms with Crippen LogP contribution in [0.15, 0.2) is 60.5 Å². The molecule has 0 aliphatic carbocycles. The molecule has 0 bridgehead atoms. The van der Waals surface area contributed by atoms with E-state index in [0.29, 0.717) is 11.5 Å². The molecule has 1 N–H and O–H groups in total. The van der Waals surface area contributed by atoms with Crippen LogP contribution in [-0.4, -0.2) is 30.6 Å². The van der Waals surface area contributed by atoms with E-state index in [2.05, 4.69) is 25.5 Å². The number of thiazole rings is 1. The number of benzene rings is 1. The maximum atomic E-state index is 12.4. The molecule has 128 valence electrons. The average molecular weight is 362 g/mol. The molecule has 26 heavy (non-hydrogen) atoms. The minimum Gasteiger partial charge on any atom is -0.321 e. The van der Waals surface area contributed by atoms with Crippen LogP contribution in [0.2, 0.25) is 0 Å². The lowest BCUT2D eigenvalue weighted by atomic mass is 10.1. The van der Waals surface area contributed by atoms with E-state index < -0.39 is 0 Å². The van der Waals surface area contributed by atoms with Crippen molar-refractivity contribution in [2.24, 2.45) is 0 Å². The largest absolute Gasteiger partial charge is 0.321 e. The minimum atomic E-state index is -0.318. The number of nitrogens with one attached hydrogen (secondary N) is 1. The Morgan fingerprint density at radius 3 is 2.81 bits per heavy atom. The summed E-state index contributed by atoms with van der Waals surface area (Å²) in [5.41, 5.74) is 2.77. The normalized spacial score (nSPS) is 10.7. The minimum absolute atomic E-state index is 0.240. The molecular weight excluding hydrogens is 348 g/mol. The summed E-state index contributed by atoms with van der Waals surface area (Å²) in [6.07, 6.45) is 5.03. The fourth-order valence-corrected chi connectivity index (χ4v) is 3.05. The number of aromatic nitrogens is 5. The zero-order chi connectivity index (χ0) is 17.9. The summed E-state index contributed by atoms with van der Waals surface area (Å²) in [6.45, 7) is 1.96. The molecule has 0 spiro atoms. The Morgan fingerprint density at radius 1 is 1.19 bits per heavy atom. The van der Waals surface area contributed by atoms with E-state index in [9.17, 15) is 4.79 Å². The van der Waals surface area contributed by atoms with Crippen molar-refractivity contribution in [2.75, 3.05) is 5.32 Å². The van der Waals surface area contributed by atoms with Crippen molar-refractivity contribution in [1.29, 1.82) is 0 Å². The van der Waals surface area contributed by atoms with E-state index in [1.165, 1.54) is 0 Å². The topological polar surface area (TPSA) is 85.6 Å². The number of hydrogen-bond donors (Lipinski definition) is 1. The smallest absolute Gasteiger partial charge is 0.276 e. The molecule has 8 heteroatoms. The van der Waals surface area contributed by atoms with E-state index in [4.69, 9.17) is 0 Å². The second-order valence-corrected chi connectivity index (χ2v) is 6.60. The van der Waals surface area contributed by atoms with Crippen molar-refractivity contribution < 1.29 is 4.79 Å². The number of rotatable bonds is 4. The molecule has 1 aromatic carbocycles. The standard InChI is InChI=1S/C18H14N6OS/c1-12-20-16(10-26-12)13-3-2-4-14(9-13)21-18(25)15-5-6-17(23-22-15)24-8-7-19-11-24/h2-11H,1H3,(H,21,25). The molecule has 0 fully saturated rings. The van der Waals surface area contributed by atoms with Crippen molar-refractivity contribution in [1.82, 2.24) is 24.7 Å². The fourth-order valence-electron chi connectivity index (χ4n) is 2.43. The van der Waals surface area contributed by atoms with Gasteiger partial charge in [-0.1, -0.05) is 12.1 Å². The first-order chi connectivity index (χ1) is 12.7. The van der Waals surface area contributed by atoms with Crippen LogP contribution in [0.3, 0.4) is 0 Å². The van der Waals surface area contributed by atoms with Crippen LogP contribution in [0.4, 0.5) is 5.69 Å². The van der Waals surface area contributed by atoms with Crippen molar-refractivity contribution in [2.45, 2.75) is 6.92 Å². The summed E-state index contributed by atoms with van der Waals surface area (Å²) >= 11 is 1.59. The molecule has 0 unspecified atom stereocenters. The van der Waals surface area contributed by atoms with Crippen molar-refractivity contribution in [3.05, 3.63) is 71.2 Å². The number of amides is 1. The molecule has 0 atom stereocenters. The van der Waals surface area contributed by atoms with Gasteiger partial charge in [-0.3, -0.25) is 9.36 Å². The second kappa shape index (κ2) is 6.85. The third-order valence-corrected chi connectivity index (χ3v) is 4.46. The summed E-state index contributed by atoms with van der Waals surface area (Å²) < 4.78 is 1.72. The van der Waals surface area contributed by atoms with Gasteiger partial charge < -0.3 is 5.32 Å². The van der Waals surface area contributed by atoms with Crippen molar-refractivity contribution >= 4 is 22.9 Å². The van der Waals surface area contributed by atoms with Crippen LogP contribution in [0.25, 0.3) is 17.1 Å². The molecule has 7 nitrogen and oxygen atoms in total. The van der Waals surface area contributed by atoms with Crippen LogP contribution < -0.4 is 5.32 Å². The SMILES string of the molecule is Cc1nc(-c2cccc(NC(=O)c3ccc(-n4ccnc4)nn3)c2)cs1. The average Bonchev–Trinajstić information content (AvgIpc) is 3.34. The van der Waals surface area contributed by atoms with Crippen molar-refractivity contribution in [3.8, 4) is 17.1 Å². The third kappa shape index (κ3) is 3.35. The predicted molar refractivity (Wildman–Crippen MR) is 99.4 cm³/mol. The van der Waals surface area contributed by atoms with Crippen molar-refractivity contribution in [3.63, 3.8) is 0 Å². The van der Waals surface area contributed by atoms with Gasteiger partial charge in [-0.05, 0) is 31.2 Å². The lowest BCUT2D eigenvalue weighted by Crippen LogP contribution is -2.15. The maximum absolute atomic E-state index is 12.4. The molecule has 0 aliphatic heterocycles. The molecule has 4 rings (SSSR count). The van der Waals surface area contributed by atoms with Gasteiger partial charge in [0.05, 0.1) is 10.7 Å². The van der Waals surface area contributed by atoms with E-state index in [0.717, 1.165) is 16.3 Å². The van der Waals surface area contributed by atoms with Gasteiger partial charge in [-0.2, -0.15) is 0 Å². The molecule has 0 saturated carbocycles. The first-order valence-electron chi connectivity index (χ1n) is 7.85. The van der Waals surface area contributed by atoms with Crippen LogP contribution >= 0.6 is 11.3 Å². The van der Waals surface area contributed by atoms with Crippen LogP contribution in [0.1, 0.15) is 15.5 Å². The number of imidazole rings is 1. The zero-order valence-electron chi connectivity index (χ0n) is 13.8. The van der Waals surface area contributed by atoms with Crippen LogP contribution in [0.5, 0.6) is 0 Å². The molecule has 0 aliphatic rings. The summed E-state index contributed by atoms with van der Waals surface area (Å²) in [5.74, 6) is 0.279. The number of hydrogen-bond acceptors (Lipinski definition) is 6. The number of anilines is 1. The van der Waals surface area contributed by atoms with Gasteiger partial charge >= 0.3 is 0 Å². The van der Waals surface area contributed by atoms with Gasteiger partial charge in [0.2, 0.25) is 0 Å². The zero-order valence-corrected chi connectivity index (χ0v) is 14.6. The highest BCUT2D eigenvalue weighted by molar-refractivity contribution is 7.09. The Labute approximate surface area is 153 Å². The Bertz CT molecular complexity index is 1040. The third-order valence-electron chi connectivity index (χ3n) is 3.69. The maximum Gasteiger partial charge on any atom is 0.276 e. The monoisotopic (exact) mass is 362 g/mol. The van der Waals surface area contributed by atoms with E-state index in [1.807, 2.05) is 36.6 Å². The molecule has 0 saturated heterocycles. The summed E-state index contributed by atoms with van der Waals surface area (Å²) in [4.78, 5) is 20.8.